The standard InChI is InChI=1S/C18H16FN3O3S/c19-14-9-6-13(7-10-14)8-11-16(23)20-18(26)22-21-17(24)12-25-15-4-2-1-3-5-15/h1-11H,12H2,(H,21,24)(H2,20,22,23,26)/b11-8+. The van der Waals surface area contributed by atoms with Crippen molar-refractivity contribution >= 4 is 35.2 Å². The monoisotopic (exact) mass is 373 g/mol. The molecule has 0 fully saturated rings. The van der Waals surface area contributed by atoms with Gasteiger partial charge in [-0.15, -0.1) is 0 Å². The third-order valence-corrected chi connectivity index (χ3v) is 3.17. The SMILES string of the molecule is O=C(/C=C/c1ccc(F)cc1)NC(=S)NNC(=O)COc1ccccc1. The summed E-state index contributed by atoms with van der Waals surface area (Å²) in [5.74, 6) is -0.762. The van der Waals surface area contributed by atoms with Gasteiger partial charge in [0.25, 0.3) is 5.91 Å². The minimum Gasteiger partial charge on any atom is -0.484 e. The molecule has 134 valence electrons. The minimum atomic E-state index is -0.499. The average molecular weight is 373 g/mol. The lowest BCUT2D eigenvalue weighted by molar-refractivity contribution is -0.123. The first-order valence-corrected chi connectivity index (χ1v) is 7.95. The Kier molecular flexibility index (Phi) is 7.26. The van der Waals surface area contributed by atoms with Gasteiger partial charge in [0.1, 0.15) is 11.6 Å². The second-order valence-electron chi connectivity index (χ2n) is 4.98. The van der Waals surface area contributed by atoms with E-state index in [1.807, 2.05) is 6.07 Å². The average Bonchev–Trinajstić information content (AvgIpc) is 2.65. The van der Waals surface area contributed by atoms with Crippen LogP contribution >= 0.6 is 12.2 Å². The van der Waals surface area contributed by atoms with Crippen LogP contribution in [0.1, 0.15) is 5.56 Å². The number of para-hydroxylation sites is 1. The Hall–Kier alpha value is -3.26. The molecule has 6 nitrogen and oxygen atoms in total. The van der Waals surface area contributed by atoms with Crippen LogP contribution in [-0.2, 0) is 9.59 Å². The molecule has 2 aromatic carbocycles. The summed E-state index contributed by atoms with van der Waals surface area (Å²) < 4.78 is 18.0. The van der Waals surface area contributed by atoms with E-state index in [-0.39, 0.29) is 17.5 Å². The lowest BCUT2D eigenvalue weighted by Crippen LogP contribution is -2.49. The molecule has 0 aliphatic heterocycles. The number of halogens is 1. The molecule has 8 heteroatoms. The third-order valence-electron chi connectivity index (χ3n) is 2.96. The minimum absolute atomic E-state index is 0.0770. The molecule has 2 amide bonds. The van der Waals surface area contributed by atoms with Crippen LogP contribution in [-0.4, -0.2) is 23.5 Å². The quantitative estimate of drug-likeness (QED) is 0.424. The molecule has 0 aliphatic rings. The number of hydrogen-bond donors (Lipinski definition) is 3. The summed E-state index contributed by atoms with van der Waals surface area (Å²) >= 11 is 4.89. The van der Waals surface area contributed by atoms with Gasteiger partial charge < -0.3 is 4.74 Å². The van der Waals surface area contributed by atoms with E-state index in [0.29, 0.717) is 11.3 Å². The smallest absolute Gasteiger partial charge is 0.276 e. The van der Waals surface area contributed by atoms with Crippen molar-refractivity contribution in [2.24, 2.45) is 0 Å². The van der Waals surface area contributed by atoms with Gasteiger partial charge in [-0.25, -0.2) is 4.39 Å². The molecule has 0 heterocycles. The molecule has 0 saturated carbocycles. The molecule has 3 N–H and O–H groups in total. The fourth-order valence-corrected chi connectivity index (χ4v) is 1.91. The predicted molar refractivity (Wildman–Crippen MR) is 99.4 cm³/mol. The largest absolute Gasteiger partial charge is 0.484 e. The highest BCUT2D eigenvalue weighted by Crippen LogP contribution is 2.07. The number of amides is 2. The van der Waals surface area contributed by atoms with Gasteiger partial charge in [-0.1, -0.05) is 30.3 Å². The number of ether oxygens (including phenoxy) is 1. The zero-order chi connectivity index (χ0) is 18.8. The molecule has 2 rings (SSSR count). The normalized spacial score (nSPS) is 10.2. The van der Waals surface area contributed by atoms with Crippen molar-refractivity contribution in [1.82, 2.24) is 16.2 Å². The highest BCUT2D eigenvalue weighted by Gasteiger charge is 2.05. The van der Waals surface area contributed by atoms with Gasteiger partial charge in [-0.05, 0) is 48.1 Å². The molecule has 0 saturated heterocycles. The van der Waals surface area contributed by atoms with Crippen molar-refractivity contribution in [1.29, 1.82) is 0 Å². The van der Waals surface area contributed by atoms with Crippen molar-refractivity contribution in [3.8, 4) is 5.75 Å². The molecular formula is C18H16FN3O3S. The number of carbonyl (C=O) groups is 2. The summed E-state index contributed by atoms with van der Waals surface area (Å²) in [6, 6.07) is 14.5. The molecule has 0 aromatic heterocycles. The van der Waals surface area contributed by atoms with Crippen LogP contribution < -0.4 is 20.9 Å². The van der Waals surface area contributed by atoms with E-state index in [9.17, 15) is 14.0 Å². The zero-order valence-corrected chi connectivity index (χ0v) is 14.4. The number of thiocarbonyl (C=S) groups is 1. The first kappa shape index (κ1) is 19.1. The molecule has 26 heavy (non-hydrogen) atoms. The van der Waals surface area contributed by atoms with Crippen molar-refractivity contribution < 1.29 is 18.7 Å². The summed E-state index contributed by atoms with van der Waals surface area (Å²) in [5, 5.41) is 2.28. The fourth-order valence-electron chi connectivity index (χ4n) is 1.76. The second kappa shape index (κ2) is 9.90. The van der Waals surface area contributed by atoms with Crippen LogP contribution in [0.5, 0.6) is 5.75 Å². The van der Waals surface area contributed by atoms with E-state index in [1.54, 1.807) is 24.3 Å². The van der Waals surface area contributed by atoms with Gasteiger partial charge in [0.2, 0.25) is 5.91 Å². The molecule has 0 unspecified atom stereocenters. The highest BCUT2D eigenvalue weighted by molar-refractivity contribution is 7.80. The highest BCUT2D eigenvalue weighted by atomic mass is 32.1. The number of rotatable bonds is 5. The number of hydrazine groups is 1. The lowest BCUT2D eigenvalue weighted by atomic mass is 10.2. The zero-order valence-electron chi connectivity index (χ0n) is 13.6. The topological polar surface area (TPSA) is 79.5 Å². The summed E-state index contributed by atoms with van der Waals surface area (Å²) in [4.78, 5) is 23.3. The molecule has 2 aromatic rings. The molecule has 0 bridgehead atoms. The van der Waals surface area contributed by atoms with Gasteiger partial charge in [-0.3, -0.25) is 25.8 Å². The maximum atomic E-state index is 12.8. The first-order valence-electron chi connectivity index (χ1n) is 7.54. The van der Waals surface area contributed by atoms with E-state index in [4.69, 9.17) is 17.0 Å². The van der Waals surface area contributed by atoms with E-state index < -0.39 is 11.8 Å². The Morgan fingerprint density at radius 3 is 2.42 bits per heavy atom. The first-order chi connectivity index (χ1) is 12.5. The van der Waals surface area contributed by atoms with Gasteiger partial charge >= 0.3 is 0 Å². The van der Waals surface area contributed by atoms with Gasteiger partial charge in [-0.2, -0.15) is 0 Å². The number of benzene rings is 2. The van der Waals surface area contributed by atoms with Crippen molar-refractivity contribution in [3.63, 3.8) is 0 Å². The lowest BCUT2D eigenvalue weighted by Gasteiger charge is -2.10. The summed E-state index contributed by atoms with van der Waals surface area (Å²) in [6.45, 7) is -0.210. The number of nitrogens with one attached hydrogen (secondary N) is 3. The summed E-state index contributed by atoms with van der Waals surface area (Å²) in [5.41, 5.74) is 5.35. The van der Waals surface area contributed by atoms with Crippen LogP contribution in [0.25, 0.3) is 6.08 Å². The van der Waals surface area contributed by atoms with Gasteiger partial charge in [0.15, 0.2) is 11.7 Å². The maximum absolute atomic E-state index is 12.8. The van der Waals surface area contributed by atoms with Crippen LogP contribution in [0.4, 0.5) is 4.39 Å². The van der Waals surface area contributed by atoms with Gasteiger partial charge in [0, 0.05) is 6.08 Å². The van der Waals surface area contributed by atoms with Crippen molar-refractivity contribution in [2.75, 3.05) is 6.61 Å². The Balaban J connectivity index is 1.68. The Bertz CT molecular complexity index is 795. The number of hydrogen-bond acceptors (Lipinski definition) is 4. The van der Waals surface area contributed by atoms with Crippen LogP contribution in [0, 0.1) is 5.82 Å². The number of carbonyl (C=O) groups excluding carboxylic acids is 2. The second-order valence-corrected chi connectivity index (χ2v) is 5.39. The van der Waals surface area contributed by atoms with Gasteiger partial charge in [0.05, 0.1) is 0 Å². The molecule has 0 aliphatic carbocycles. The predicted octanol–water partition coefficient (Wildman–Crippen LogP) is 1.94. The Morgan fingerprint density at radius 2 is 1.73 bits per heavy atom. The molecule has 0 spiro atoms. The molecular weight excluding hydrogens is 357 g/mol. The third kappa shape index (κ3) is 7.10. The Morgan fingerprint density at radius 1 is 1.04 bits per heavy atom. The summed E-state index contributed by atoms with van der Waals surface area (Å²) in [6.07, 6.45) is 2.74. The van der Waals surface area contributed by atoms with Crippen molar-refractivity contribution in [2.45, 2.75) is 0 Å². The van der Waals surface area contributed by atoms with E-state index >= 15 is 0 Å². The Labute approximate surface area is 155 Å². The van der Waals surface area contributed by atoms with Crippen LogP contribution in [0.2, 0.25) is 0 Å². The van der Waals surface area contributed by atoms with Crippen LogP contribution in [0.15, 0.2) is 60.7 Å². The summed E-state index contributed by atoms with van der Waals surface area (Å²) in [7, 11) is 0. The van der Waals surface area contributed by atoms with E-state index in [0.717, 1.165) is 0 Å². The maximum Gasteiger partial charge on any atom is 0.276 e. The van der Waals surface area contributed by atoms with Crippen LogP contribution in [0.3, 0.4) is 0 Å². The van der Waals surface area contributed by atoms with E-state index in [1.165, 1.54) is 36.4 Å². The molecule has 0 atom stereocenters. The van der Waals surface area contributed by atoms with E-state index in [2.05, 4.69) is 16.2 Å². The fraction of sp³-hybridized carbons (Fsp3) is 0.0556. The van der Waals surface area contributed by atoms with Crippen molar-refractivity contribution in [3.05, 3.63) is 72.1 Å². The molecule has 0 radical (unpaired) electrons.